The highest BCUT2D eigenvalue weighted by atomic mass is 15.2. The maximum absolute atomic E-state index is 3.48. The molecule has 2 atom stereocenters. The first-order valence-corrected chi connectivity index (χ1v) is 5.68. The van der Waals surface area contributed by atoms with Crippen molar-refractivity contribution in [3.63, 3.8) is 0 Å². The lowest BCUT2D eigenvalue weighted by Crippen LogP contribution is -2.50. The number of rotatable bonds is 4. The predicted molar refractivity (Wildman–Crippen MR) is 58.0 cm³/mol. The zero-order valence-corrected chi connectivity index (χ0v) is 9.34. The molecule has 2 heteroatoms. The van der Waals surface area contributed by atoms with Crippen molar-refractivity contribution in [3.8, 4) is 0 Å². The number of hydrogen-bond acceptors (Lipinski definition) is 2. The lowest BCUT2D eigenvalue weighted by atomic mass is 10.0. The maximum Gasteiger partial charge on any atom is 0.0167 e. The molecule has 1 fully saturated rings. The number of nitrogens with one attached hydrogen (secondary N) is 1. The molecule has 0 aromatic carbocycles. The van der Waals surface area contributed by atoms with Gasteiger partial charge in [-0.05, 0) is 19.3 Å². The van der Waals surface area contributed by atoms with Gasteiger partial charge in [0, 0.05) is 32.2 Å². The summed E-state index contributed by atoms with van der Waals surface area (Å²) in [5.41, 5.74) is 0. The summed E-state index contributed by atoms with van der Waals surface area (Å²) in [4.78, 5) is 2.60. The molecular weight excluding hydrogens is 160 g/mol. The van der Waals surface area contributed by atoms with Gasteiger partial charge in [0.05, 0.1) is 0 Å². The highest BCUT2D eigenvalue weighted by Gasteiger charge is 2.16. The minimum absolute atomic E-state index is 0.683. The SMILES string of the molecule is CCCC(C)CN1CCNC(C)C1. The van der Waals surface area contributed by atoms with Crippen molar-refractivity contribution in [2.75, 3.05) is 26.2 Å². The van der Waals surface area contributed by atoms with Gasteiger partial charge in [-0.25, -0.2) is 0 Å². The van der Waals surface area contributed by atoms with E-state index in [1.54, 1.807) is 0 Å². The van der Waals surface area contributed by atoms with E-state index < -0.39 is 0 Å². The van der Waals surface area contributed by atoms with Crippen LogP contribution in [0.15, 0.2) is 0 Å². The molecule has 0 spiro atoms. The third-order valence-electron chi connectivity index (χ3n) is 2.80. The van der Waals surface area contributed by atoms with Gasteiger partial charge in [0.2, 0.25) is 0 Å². The van der Waals surface area contributed by atoms with Crippen LogP contribution in [0.3, 0.4) is 0 Å². The maximum atomic E-state index is 3.48. The van der Waals surface area contributed by atoms with E-state index >= 15 is 0 Å². The third-order valence-corrected chi connectivity index (χ3v) is 2.80. The second-order valence-corrected chi connectivity index (χ2v) is 4.51. The van der Waals surface area contributed by atoms with Gasteiger partial charge in [-0.15, -0.1) is 0 Å². The van der Waals surface area contributed by atoms with Crippen molar-refractivity contribution in [1.29, 1.82) is 0 Å². The Kier molecular flexibility index (Phi) is 4.74. The van der Waals surface area contributed by atoms with Gasteiger partial charge in [-0.3, -0.25) is 0 Å². The zero-order chi connectivity index (χ0) is 9.68. The van der Waals surface area contributed by atoms with Crippen LogP contribution in [0.4, 0.5) is 0 Å². The number of nitrogens with zero attached hydrogens (tertiary/aromatic N) is 1. The minimum atomic E-state index is 0.683. The van der Waals surface area contributed by atoms with Crippen molar-refractivity contribution in [1.82, 2.24) is 10.2 Å². The molecule has 1 saturated heterocycles. The summed E-state index contributed by atoms with van der Waals surface area (Å²) in [6.07, 6.45) is 2.70. The van der Waals surface area contributed by atoms with E-state index in [9.17, 15) is 0 Å². The molecule has 0 radical (unpaired) electrons. The van der Waals surface area contributed by atoms with E-state index in [4.69, 9.17) is 0 Å². The molecule has 1 rings (SSSR count). The van der Waals surface area contributed by atoms with Crippen LogP contribution in [0.1, 0.15) is 33.6 Å². The topological polar surface area (TPSA) is 15.3 Å². The van der Waals surface area contributed by atoms with Crippen LogP contribution in [0, 0.1) is 5.92 Å². The molecular formula is C11H24N2. The van der Waals surface area contributed by atoms with E-state index in [1.807, 2.05) is 0 Å². The fraction of sp³-hybridized carbons (Fsp3) is 1.00. The van der Waals surface area contributed by atoms with Gasteiger partial charge in [0.1, 0.15) is 0 Å². The van der Waals surface area contributed by atoms with E-state index in [2.05, 4.69) is 31.0 Å². The van der Waals surface area contributed by atoms with Crippen molar-refractivity contribution < 1.29 is 0 Å². The molecule has 2 nitrogen and oxygen atoms in total. The van der Waals surface area contributed by atoms with Crippen molar-refractivity contribution in [2.24, 2.45) is 5.92 Å². The molecule has 13 heavy (non-hydrogen) atoms. The average Bonchev–Trinajstić information content (AvgIpc) is 2.04. The van der Waals surface area contributed by atoms with Crippen molar-refractivity contribution in [2.45, 2.75) is 39.7 Å². The predicted octanol–water partition coefficient (Wildman–Crippen LogP) is 1.72. The molecule has 1 aliphatic heterocycles. The first-order valence-electron chi connectivity index (χ1n) is 5.68. The van der Waals surface area contributed by atoms with Crippen LogP contribution >= 0.6 is 0 Å². The van der Waals surface area contributed by atoms with Gasteiger partial charge in [0.15, 0.2) is 0 Å². The van der Waals surface area contributed by atoms with Crippen LogP contribution in [0.5, 0.6) is 0 Å². The van der Waals surface area contributed by atoms with Gasteiger partial charge in [0.25, 0.3) is 0 Å². The molecule has 0 aliphatic carbocycles. The molecule has 0 saturated carbocycles. The minimum Gasteiger partial charge on any atom is -0.312 e. The average molecular weight is 184 g/mol. The monoisotopic (exact) mass is 184 g/mol. The van der Waals surface area contributed by atoms with Crippen LogP contribution < -0.4 is 5.32 Å². The molecule has 1 heterocycles. The van der Waals surface area contributed by atoms with Crippen molar-refractivity contribution in [3.05, 3.63) is 0 Å². The first-order chi connectivity index (χ1) is 6.22. The van der Waals surface area contributed by atoms with Crippen LogP contribution in [0.2, 0.25) is 0 Å². The Morgan fingerprint density at radius 3 is 2.92 bits per heavy atom. The van der Waals surface area contributed by atoms with Gasteiger partial charge in [-0.2, -0.15) is 0 Å². The highest BCUT2D eigenvalue weighted by Crippen LogP contribution is 2.09. The fourth-order valence-corrected chi connectivity index (χ4v) is 2.20. The summed E-state index contributed by atoms with van der Waals surface area (Å²) in [6, 6.07) is 0.683. The highest BCUT2D eigenvalue weighted by molar-refractivity contribution is 4.75. The number of hydrogen-bond donors (Lipinski definition) is 1. The summed E-state index contributed by atoms with van der Waals surface area (Å²) in [5, 5.41) is 3.48. The quantitative estimate of drug-likeness (QED) is 0.715. The van der Waals surface area contributed by atoms with E-state index in [0.29, 0.717) is 6.04 Å². The zero-order valence-electron chi connectivity index (χ0n) is 9.34. The normalized spacial score (nSPS) is 27.5. The lowest BCUT2D eigenvalue weighted by molar-refractivity contribution is 0.180. The molecule has 0 aromatic rings. The summed E-state index contributed by atoms with van der Waals surface area (Å²) in [6.45, 7) is 11.8. The molecule has 1 aliphatic rings. The summed E-state index contributed by atoms with van der Waals surface area (Å²) in [5.74, 6) is 0.871. The Labute approximate surface area is 82.7 Å². The Morgan fingerprint density at radius 1 is 1.54 bits per heavy atom. The van der Waals surface area contributed by atoms with Crippen molar-refractivity contribution >= 4 is 0 Å². The summed E-state index contributed by atoms with van der Waals surface area (Å²) < 4.78 is 0. The third kappa shape index (κ3) is 4.10. The second kappa shape index (κ2) is 5.61. The standard InChI is InChI=1S/C11H24N2/c1-4-5-10(2)8-13-7-6-12-11(3)9-13/h10-12H,4-9H2,1-3H3. The Balaban J connectivity index is 2.19. The Morgan fingerprint density at radius 2 is 2.31 bits per heavy atom. The molecule has 2 unspecified atom stereocenters. The molecule has 0 amide bonds. The summed E-state index contributed by atoms with van der Waals surface area (Å²) in [7, 11) is 0. The Hall–Kier alpha value is -0.0800. The molecule has 0 bridgehead atoms. The van der Waals surface area contributed by atoms with Crippen LogP contribution in [0.25, 0.3) is 0 Å². The van der Waals surface area contributed by atoms with E-state index in [0.717, 1.165) is 5.92 Å². The smallest absolute Gasteiger partial charge is 0.0167 e. The van der Waals surface area contributed by atoms with E-state index in [-0.39, 0.29) is 0 Å². The van der Waals surface area contributed by atoms with Crippen LogP contribution in [-0.2, 0) is 0 Å². The second-order valence-electron chi connectivity index (χ2n) is 4.51. The summed E-state index contributed by atoms with van der Waals surface area (Å²) >= 11 is 0. The lowest BCUT2D eigenvalue weighted by Gasteiger charge is -2.33. The molecule has 78 valence electrons. The largest absolute Gasteiger partial charge is 0.312 e. The Bertz CT molecular complexity index is 136. The van der Waals surface area contributed by atoms with Crippen LogP contribution in [-0.4, -0.2) is 37.1 Å². The van der Waals surface area contributed by atoms with Gasteiger partial charge >= 0.3 is 0 Å². The molecule has 1 N–H and O–H groups in total. The van der Waals surface area contributed by atoms with Gasteiger partial charge < -0.3 is 10.2 Å². The first kappa shape index (κ1) is 11.0. The fourth-order valence-electron chi connectivity index (χ4n) is 2.20. The van der Waals surface area contributed by atoms with Gasteiger partial charge in [-0.1, -0.05) is 20.3 Å². The van der Waals surface area contributed by atoms with E-state index in [1.165, 1.54) is 39.0 Å². The number of piperazine rings is 1. The molecule has 0 aromatic heterocycles.